The number of carbonyl (C=O) groups is 2. The molecule has 1 N–H and O–H groups in total. The Bertz CT molecular complexity index is 836. The number of amides is 2. The summed E-state index contributed by atoms with van der Waals surface area (Å²) < 4.78 is 0. The maximum Gasteiger partial charge on any atom is 0.243 e. The van der Waals surface area contributed by atoms with Crippen molar-refractivity contribution in [2.45, 2.75) is 84.8 Å². The molecule has 0 aliphatic heterocycles. The molecular weight excluding hydrogens is 384 g/mol. The van der Waals surface area contributed by atoms with Gasteiger partial charge in [0.2, 0.25) is 11.8 Å². The molecule has 2 rings (SSSR count). The van der Waals surface area contributed by atoms with Crippen LogP contribution < -0.4 is 5.32 Å². The highest BCUT2D eigenvalue weighted by molar-refractivity contribution is 5.87. The lowest BCUT2D eigenvalue weighted by Gasteiger charge is -2.31. The van der Waals surface area contributed by atoms with Crippen molar-refractivity contribution in [2.75, 3.05) is 0 Å². The van der Waals surface area contributed by atoms with Gasteiger partial charge in [0, 0.05) is 19.0 Å². The van der Waals surface area contributed by atoms with Gasteiger partial charge in [0.15, 0.2) is 0 Å². The zero-order valence-corrected chi connectivity index (χ0v) is 19.9. The summed E-state index contributed by atoms with van der Waals surface area (Å²) in [7, 11) is 0. The molecule has 0 saturated heterocycles. The Kier molecular flexibility index (Phi) is 8.85. The van der Waals surface area contributed by atoms with Crippen LogP contribution in [0.1, 0.15) is 71.1 Å². The van der Waals surface area contributed by atoms with E-state index in [1.165, 1.54) is 5.56 Å². The molecule has 2 amide bonds. The van der Waals surface area contributed by atoms with Gasteiger partial charge in [0.05, 0.1) is 0 Å². The predicted molar refractivity (Wildman–Crippen MR) is 128 cm³/mol. The molecule has 0 fully saturated rings. The molecule has 2 aromatic rings. The maximum atomic E-state index is 13.3. The molecule has 0 aliphatic rings. The fraction of sp³-hybridized carbons (Fsp3) is 0.481. The first kappa shape index (κ1) is 24.6. The topological polar surface area (TPSA) is 49.4 Å². The van der Waals surface area contributed by atoms with Crippen LogP contribution in [0.4, 0.5) is 0 Å². The van der Waals surface area contributed by atoms with E-state index in [0.29, 0.717) is 25.8 Å². The van der Waals surface area contributed by atoms with Gasteiger partial charge in [-0.1, -0.05) is 82.3 Å². The number of aryl methyl sites for hydroxylation is 1. The smallest absolute Gasteiger partial charge is 0.243 e. The van der Waals surface area contributed by atoms with Gasteiger partial charge in [-0.25, -0.2) is 0 Å². The van der Waals surface area contributed by atoms with E-state index < -0.39 is 6.04 Å². The Hall–Kier alpha value is -2.62. The molecule has 168 valence electrons. The Morgan fingerprint density at radius 3 is 2.06 bits per heavy atom. The molecule has 31 heavy (non-hydrogen) atoms. The van der Waals surface area contributed by atoms with Crippen LogP contribution in [0.25, 0.3) is 0 Å². The number of hydrogen-bond acceptors (Lipinski definition) is 2. The normalized spacial score (nSPS) is 12.5. The van der Waals surface area contributed by atoms with Crippen LogP contribution in [-0.4, -0.2) is 28.8 Å². The van der Waals surface area contributed by atoms with Crippen LogP contribution in [0.2, 0.25) is 0 Å². The van der Waals surface area contributed by atoms with Gasteiger partial charge in [-0.2, -0.15) is 0 Å². The Balaban J connectivity index is 2.15. The van der Waals surface area contributed by atoms with Gasteiger partial charge in [0.25, 0.3) is 0 Å². The van der Waals surface area contributed by atoms with Crippen LogP contribution in [0.15, 0.2) is 54.6 Å². The summed E-state index contributed by atoms with van der Waals surface area (Å²) in [5, 5.41) is 2.98. The molecule has 4 nitrogen and oxygen atoms in total. The van der Waals surface area contributed by atoms with E-state index in [9.17, 15) is 9.59 Å². The summed E-state index contributed by atoms with van der Waals surface area (Å²) in [5.74, 6) is -0.0779. The first-order chi connectivity index (χ1) is 14.6. The molecule has 0 saturated carbocycles. The minimum Gasteiger partial charge on any atom is -0.352 e. The molecule has 0 spiro atoms. The van der Waals surface area contributed by atoms with E-state index in [0.717, 1.165) is 11.1 Å². The number of hydrogen-bond donors (Lipinski definition) is 1. The zero-order valence-electron chi connectivity index (χ0n) is 19.9. The average molecular weight is 423 g/mol. The van der Waals surface area contributed by atoms with Crippen molar-refractivity contribution in [2.24, 2.45) is 0 Å². The van der Waals surface area contributed by atoms with Crippen LogP contribution in [0, 0.1) is 0 Å². The molecule has 1 atom stereocenters. The van der Waals surface area contributed by atoms with Gasteiger partial charge >= 0.3 is 0 Å². The first-order valence-electron chi connectivity index (χ1n) is 11.3. The second-order valence-electron chi connectivity index (χ2n) is 9.54. The average Bonchev–Trinajstić information content (AvgIpc) is 2.71. The fourth-order valence-electron chi connectivity index (χ4n) is 3.65. The SMILES string of the molecule is CCC(C(=O)NC(C)C)N(Cc1ccccc1)C(=O)CCc1ccc(C(C)(C)C)cc1. The Labute approximate surface area is 188 Å². The van der Waals surface area contributed by atoms with Crippen LogP contribution in [0.3, 0.4) is 0 Å². The Morgan fingerprint density at radius 1 is 0.935 bits per heavy atom. The minimum atomic E-state index is -0.474. The second-order valence-corrected chi connectivity index (χ2v) is 9.54. The summed E-state index contributed by atoms with van der Waals surface area (Å²) in [6.07, 6.45) is 1.63. The number of carbonyl (C=O) groups excluding carboxylic acids is 2. The lowest BCUT2D eigenvalue weighted by atomic mass is 9.86. The molecule has 0 radical (unpaired) electrons. The largest absolute Gasteiger partial charge is 0.352 e. The molecular formula is C27H38N2O2. The number of nitrogens with one attached hydrogen (secondary N) is 1. The van der Waals surface area contributed by atoms with Crippen LogP contribution >= 0.6 is 0 Å². The molecule has 4 heteroatoms. The molecule has 0 bridgehead atoms. The molecule has 2 aromatic carbocycles. The van der Waals surface area contributed by atoms with Crippen molar-refractivity contribution in [1.82, 2.24) is 10.2 Å². The van der Waals surface area contributed by atoms with E-state index in [1.807, 2.05) is 51.1 Å². The van der Waals surface area contributed by atoms with Crippen molar-refractivity contribution in [1.29, 1.82) is 0 Å². The quantitative estimate of drug-likeness (QED) is 0.600. The highest BCUT2D eigenvalue weighted by Gasteiger charge is 2.28. The summed E-state index contributed by atoms with van der Waals surface area (Å²) >= 11 is 0. The number of benzene rings is 2. The standard InChI is InChI=1S/C27H38N2O2/c1-7-24(26(31)28-20(2)3)29(19-22-11-9-8-10-12-22)25(30)18-15-21-13-16-23(17-14-21)27(4,5)6/h8-14,16-17,20,24H,7,15,18-19H2,1-6H3,(H,28,31). The fourth-order valence-corrected chi connectivity index (χ4v) is 3.65. The molecule has 0 aliphatic carbocycles. The van der Waals surface area contributed by atoms with Gasteiger partial charge in [-0.15, -0.1) is 0 Å². The zero-order chi connectivity index (χ0) is 23.0. The van der Waals surface area contributed by atoms with Crippen LogP contribution in [0.5, 0.6) is 0 Å². The van der Waals surface area contributed by atoms with E-state index in [2.05, 4.69) is 50.4 Å². The van der Waals surface area contributed by atoms with E-state index in [4.69, 9.17) is 0 Å². The summed E-state index contributed by atoms with van der Waals surface area (Å²) in [5.41, 5.74) is 3.56. The molecule has 0 aromatic heterocycles. The van der Waals surface area contributed by atoms with Gasteiger partial charge < -0.3 is 10.2 Å². The number of rotatable bonds is 9. The van der Waals surface area contributed by atoms with Gasteiger partial charge in [-0.3, -0.25) is 9.59 Å². The van der Waals surface area contributed by atoms with Crippen LogP contribution in [-0.2, 0) is 28.0 Å². The third-order valence-electron chi connectivity index (χ3n) is 5.46. The number of nitrogens with zero attached hydrogens (tertiary/aromatic N) is 1. The van der Waals surface area contributed by atoms with E-state index in [-0.39, 0.29) is 23.3 Å². The van der Waals surface area contributed by atoms with Crippen molar-refractivity contribution in [3.05, 3.63) is 71.3 Å². The second kappa shape index (κ2) is 11.1. The summed E-state index contributed by atoms with van der Waals surface area (Å²) in [6, 6.07) is 18.0. The third kappa shape index (κ3) is 7.54. The highest BCUT2D eigenvalue weighted by Crippen LogP contribution is 2.23. The first-order valence-corrected chi connectivity index (χ1v) is 11.3. The lowest BCUT2D eigenvalue weighted by molar-refractivity contribution is -0.141. The van der Waals surface area contributed by atoms with Crippen molar-refractivity contribution < 1.29 is 9.59 Å². The van der Waals surface area contributed by atoms with Crippen molar-refractivity contribution in [3.63, 3.8) is 0 Å². The molecule has 1 unspecified atom stereocenters. The van der Waals surface area contributed by atoms with Gasteiger partial charge in [0.1, 0.15) is 6.04 Å². The van der Waals surface area contributed by atoms with Crippen molar-refractivity contribution in [3.8, 4) is 0 Å². The monoisotopic (exact) mass is 422 g/mol. The predicted octanol–water partition coefficient (Wildman–Crippen LogP) is 5.25. The van der Waals surface area contributed by atoms with E-state index >= 15 is 0 Å². The van der Waals surface area contributed by atoms with E-state index in [1.54, 1.807) is 4.90 Å². The highest BCUT2D eigenvalue weighted by atomic mass is 16.2. The molecule has 0 heterocycles. The summed E-state index contributed by atoms with van der Waals surface area (Å²) in [6.45, 7) is 12.9. The maximum absolute atomic E-state index is 13.3. The lowest BCUT2D eigenvalue weighted by Crippen LogP contribution is -2.50. The third-order valence-corrected chi connectivity index (χ3v) is 5.46. The minimum absolute atomic E-state index is 0.00880. The van der Waals surface area contributed by atoms with Crippen molar-refractivity contribution >= 4 is 11.8 Å². The Morgan fingerprint density at radius 2 is 1.55 bits per heavy atom. The van der Waals surface area contributed by atoms with Gasteiger partial charge in [-0.05, 0) is 48.8 Å². The summed E-state index contributed by atoms with van der Waals surface area (Å²) in [4.78, 5) is 27.9.